The van der Waals surface area contributed by atoms with Gasteiger partial charge in [0.15, 0.2) is 0 Å². The molecule has 0 aliphatic carbocycles. The lowest BCUT2D eigenvalue weighted by Crippen LogP contribution is -1.84. The van der Waals surface area contributed by atoms with E-state index in [1.807, 2.05) is 5.09 Å². The molecule has 0 spiro atoms. The molecule has 0 heterocycles. The number of hydrogen-bond donors (Lipinski definition) is 2. The van der Waals surface area contributed by atoms with Gasteiger partial charge in [-0.1, -0.05) is 6.58 Å². The van der Waals surface area contributed by atoms with Crippen LogP contribution in [0.25, 0.3) is 0 Å². The first-order chi connectivity index (χ1) is 2.77. The van der Waals surface area contributed by atoms with Crippen LogP contribution in [0.5, 0.6) is 0 Å². The van der Waals surface area contributed by atoms with Crippen LogP contribution in [0.4, 0.5) is 0 Å². The molecule has 0 aromatic rings. The molecule has 0 aliphatic heterocycles. The second kappa shape index (κ2) is 2.82. The van der Waals surface area contributed by atoms with Gasteiger partial charge in [0.1, 0.15) is 0 Å². The first-order valence-corrected chi connectivity index (χ1v) is 2.52. The quantitative estimate of drug-likeness (QED) is 0.500. The van der Waals surface area contributed by atoms with Crippen LogP contribution in [-0.4, -0.2) is 4.89 Å². The predicted molar refractivity (Wildman–Crippen MR) is 23.2 cm³/mol. The van der Waals surface area contributed by atoms with Gasteiger partial charge in [-0.25, -0.2) is 0 Å². The van der Waals surface area contributed by atoms with E-state index in [0.717, 1.165) is 0 Å². The lowest BCUT2D eigenvalue weighted by atomic mass is 11.1. The fraction of sp³-hybridized carbons (Fsp3) is 0. The largest absolute Gasteiger partial charge is 0.639 e. The maximum Gasteiger partial charge on any atom is 0.639 e. The maximum atomic E-state index is 9.57. The highest BCUT2D eigenvalue weighted by Crippen LogP contribution is 2.01. The Hall–Kier alpha value is -0.400. The van der Waals surface area contributed by atoms with Crippen molar-refractivity contribution in [3.8, 4) is 0 Å². The zero-order valence-corrected chi connectivity index (χ0v) is 3.98. The van der Waals surface area contributed by atoms with E-state index < -0.39 is 8.18 Å². The van der Waals surface area contributed by atoms with Crippen LogP contribution >= 0.6 is 8.18 Å². The summed E-state index contributed by atoms with van der Waals surface area (Å²) in [6.45, 7) is 3.15. The van der Waals surface area contributed by atoms with E-state index in [9.17, 15) is 4.57 Å². The lowest BCUT2D eigenvalue weighted by Gasteiger charge is -1.65. The minimum Gasteiger partial charge on any atom is -0.159 e. The van der Waals surface area contributed by atoms with Gasteiger partial charge in [0.2, 0.25) is 0 Å². The molecule has 0 aromatic carbocycles. The average molecular weight is 106 g/mol. The zero-order valence-electron chi connectivity index (χ0n) is 3.09. The first-order valence-electron chi connectivity index (χ1n) is 1.30. The lowest BCUT2D eigenvalue weighted by molar-refractivity contribution is 0.497. The van der Waals surface area contributed by atoms with E-state index in [4.69, 9.17) is 4.89 Å². The molecule has 0 rings (SSSR count). The minimum absolute atomic E-state index is 1.17. The molecule has 6 heavy (non-hydrogen) atoms. The molecule has 0 saturated carbocycles. The van der Waals surface area contributed by atoms with Gasteiger partial charge in [-0.3, -0.25) is 0 Å². The van der Waals surface area contributed by atoms with Crippen molar-refractivity contribution in [2.75, 3.05) is 0 Å². The van der Waals surface area contributed by atoms with Crippen LogP contribution in [-0.2, 0) is 4.57 Å². The van der Waals surface area contributed by atoms with Crippen LogP contribution < -0.4 is 5.09 Å². The Morgan fingerprint density at radius 1 is 2.00 bits per heavy atom. The molecule has 0 fully saturated rings. The van der Waals surface area contributed by atoms with Crippen LogP contribution in [0.1, 0.15) is 0 Å². The van der Waals surface area contributed by atoms with Crippen LogP contribution in [0.15, 0.2) is 12.8 Å². The Balaban J connectivity index is 3.05. The number of hydrogen-bond acceptors (Lipinski definition) is 1. The first kappa shape index (κ1) is 5.60. The third-order valence-corrected chi connectivity index (χ3v) is 0.605. The highest BCUT2D eigenvalue weighted by atomic mass is 31.1. The van der Waals surface area contributed by atoms with Gasteiger partial charge in [-0.15, -0.1) is 4.89 Å². The topological polar surface area (TPSA) is 49.3 Å². The van der Waals surface area contributed by atoms with Crippen molar-refractivity contribution in [3.63, 3.8) is 0 Å². The standard InChI is InChI=1S/C2H4NO2P/c1-2-3-6(4)5/h2H,1H2,(H-,3,4,5)/p+1. The van der Waals surface area contributed by atoms with E-state index in [2.05, 4.69) is 6.58 Å². The maximum absolute atomic E-state index is 9.57. The van der Waals surface area contributed by atoms with Crippen LogP contribution in [0, 0.1) is 0 Å². The number of rotatable bonds is 2. The van der Waals surface area contributed by atoms with Crippen LogP contribution in [0.2, 0.25) is 0 Å². The van der Waals surface area contributed by atoms with E-state index in [0.29, 0.717) is 0 Å². The van der Waals surface area contributed by atoms with Crippen molar-refractivity contribution in [2.24, 2.45) is 0 Å². The molecule has 1 atom stereocenters. The van der Waals surface area contributed by atoms with Gasteiger partial charge in [0.25, 0.3) is 0 Å². The van der Waals surface area contributed by atoms with E-state index in [1.165, 1.54) is 6.20 Å². The van der Waals surface area contributed by atoms with Crippen LogP contribution in [0.3, 0.4) is 0 Å². The second-order valence-corrected chi connectivity index (χ2v) is 1.41. The van der Waals surface area contributed by atoms with Gasteiger partial charge in [0.05, 0.1) is 0 Å². The molecule has 34 valence electrons. The van der Waals surface area contributed by atoms with Gasteiger partial charge in [-0.05, 0) is 4.57 Å². The summed E-state index contributed by atoms with van der Waals surface area (Å²) in [6.07, 6.45) is 1.17. The zero-order chi connectivity index (χ0) is 4.99. The second-order valence-electron chi connectivity index (χ2n) is 0.606. The predicted octanol–water partition coefficient (Wildman–Crippen LogP) is 0.369. The molecular formula is C2H5NO2P+. The van der Waals surface area contributed by atoms with Crippen molar-refractivity contribution in [1.82, 2.24) is 5.09 Å². The molecule has 0 aromatic heterocycles. The fourth-order valence-electron chi connectivity index (χ4n) is 0.0781. The molecule has 0 saturated heterocycles. The van der Waals surface area contributed by atoms with Crippen molar-refractivity contribution < 1.29 is 9.46 Å². The normalized spacial score (nSPS) is 9.83. The van der Waals surface area contributed by atoms with E-state index in [1.54, 1.807) is 0 Å². The van der Waals surface area contributed by atoms with Gasteiger partial charge in [-0.2, -0.15) is 5.09 Å². The summed E-state index contributed by atoms with van der Waals surface area (Å²) in [5.41, 5.74) is 0. The third-order valence-electron chi connectivity index (χ3n) is 0.202. The Morgan fingerprint density at radius 3 is 2.50 bits per heavy atom. The SMILES string of the molecule is C=CN[P+](=O)O. The molecular weight excluding hydrogens is 101 g/mol. The van der Waals surface area contributed by atoms with Gasteiger partial charge < -0.3 is 0 Å². The summed E-state index contributed by atoms with van der Waals surface area (Å²) in [6, 6.07) is 0. The summed E-state index contributed by atoms with van der Waals surface area (Å²) in [7, 11) is -2.22. The van der Waals surface area contributed by atoms with E-state index >= 15 is 0 Å². The molecule has 0 radical (unpaired) electrons. The fourth-order valence-corrected chi connectivity index (χ4v) is 0.234. The summed E-state index contributed by atoms with van der Waals surface area (Å²) in [4.78, 5) is 7.88. The summed E-state index contributed by atoms with van der Waals surface area (Å²) in [5.74, 6) is 0. The third kappa shape index (κ3) is 3.60. The molecule has 0 aliphatic rings. The summed E-state index contributed by atoms with van der Waals surface area (Å²) < 4.78 is 9.57. The van der Waals surface area contributed by atoms with E-state index in [-0.39, 0.29) is 0 Å². The van der Waals surface area contributed by atoms with Gasteiger partial charge >= 0.3 is 8.18 Å². The van der Waals surface area contributed by atoms with Crippen molar-refractivity contribution >= 4 is 8.18 Å². The van der Waals surface area contributed by atoms with Crippen molar-refractivity contribution in [2.45, 2.75) is 0 Å². The smallest absolute Gasteiger partial charge is 0.159 e. The average Bonchev–Trinajstić information content (AvgIpc) is 1.35. The summed E-state index contributed by atoms with van der Waals surface area (Å²) >= 11 is 0. The Bertz CT molecular complexity index is 71.9. The summed E-state index contributed by atoms with van der Waals surface area (Å²) in [5, 5.41) is 2.04. The molecule has 2 N–H and O–H groups in total. The molecule has 4 heteroatoms. The number of nitrogens with one attached hydrogen (secondary N) is 1. The molecule has 0 bridgehead atoms. The Labute approximate surface area is 36.6 Å². The van der Waals surface area contributed by atoms with Crippen molar-refractivity contribution in [3.05, 3.63) is 12.8 Å². The molecule has 0 amide bonds. The Morgan fingerprint density at radius 2 is 2.50 bits per heavy atom. The molecule has 3 nitrogen and oxygen atoms in total. The van der Waals surface area contributed by atoms with Gasteiger partial charge in [0, 0.05) is 6.20 Å². The Kier molecular flexibility index (Phi) is 2.63. The highest BCUT2D eigenvalue weighted by molar-refractivity contribution is 7.35. The monoisotopic (exact) mass is 106 g/mol. The molecule has 1 unspecified atom stereocenters. The highest BCUT2D eigenvalue weighted by Gasteiger charge is 2.00. The minimum atomic E-state index is -2.22. The van der Waals surface area contributed by atoms with Crippen molar-refractivity contribution in [1.29, 1.82) is 0 Å².